The van der Waals surface area contributed by atoms with E-state index in [1.54, 1.807) is 0 Å². The molecule has 0 spiro atoms. The topological polar surface area (TPSA) is 63.6 Å². The Labute approximate surface area is 163 Å². The average molecular weight is 377 g/mol. The Kier molecular flexibility index (Phi) is 6.14. The monoisotopic (exact) mass is 376 g/mol. The molecule has 27 heavy (non-hydrogen) atoms. The number of rotatable bonds is 8. The zero-order chi connectivity index (χ0) is 19.7. The Morgan fingerprint density at radius 1 is 1.30 bits per heavy atom. The van der Waals surface area contributed by atoms with E-state index in [-0.39, 0.29) is 17.3 Å². The van der Waals surface area contributed by atoms with Crippen molar-refractivity contribution in [3.05, 3.63) is 12.2 Å². The lowest BCUT2D eigenvalue weighted by molar-refractivity contribution is -0.153. The van der Waals surface area contributed by atoms with Crippen LogP contribution in [-0.2, 0) is 14.3 Å². The van der Waals surface area contributed by atoms with Gasteiger partial charge in [0.1, 0.15) is 5.78 Å². The molecular formula is C23H36O4. The van der Waals surface area contributed by atoms with E-state index in [1.165, 1.54) is 0 Å². The smallest absolute Gasteiger partial charge is 0.315 e. The molecule has 3 aliphatic rings. The van der Waals surface area contributed by atoms with Gasteiger partial charge in [0.05, 0.1) is 18.1 Å². The van der Waals surface area contributed by atoms with Crippen LogP contribution in [0.25, 0.3) is 0 Å². The zero-order valence-corrected chi connectivity index (χ0v) is 17.2. The van der Waals surface area contributed by atoms with Gasteiger partial charge in [-0.25, -0.2) is 0 Å². The lowest BCUT2D eigenvalue weighted by Crippen LogP contribution is -2.39. The summed E-state index contributed by atoms with van der Waals surface area (Å²) in [5.41, 5.74) is -0.618. The van der Waals surface area contributed by atoms with Crippen molar-refractivity contribution in [2.24, 2.45) is 28.6 Å². The minimum atomic E-state index is -0.771. The summed E-state index contributed by atoms with van der Waals surface area (Å²) in [5, 5.41) is 10.7. The Morgan fingerprint density at radius 2 is 2.04 bits per heavy atom. The van der Waals surface area contributed by atoms with Gasteiger partial charge in [-0.2, -0.15) is 0 Å². The number of hydrogen-bond acceptors (Lipinski definition) is 4. The standard InChI is InChI=1S/C23H36O4/c1-4-5-15-27-21(26)23(13-14-23)20(25)11-8-16(2)17-9-10-18-19(24)7-6-12-22(17,18)3/h8,11,16-18,20,25H,4-7,9-10,12-15H2,1-3H3/b11-8+/t16-,17-,18+,20-,22-/m1/s1. The van der Waals surface area contributed by atoms with Gasteiger partial charge in [0.2, 0.25) is 0 Å². The highest BCUT2D eigenvalue weighted by Gasteiger charge is 2.56. The van der Waals surface area contributed by atoms with Crippen molar-refractivity contribution in [1.29, 1.82) is 0 Å². The van der Waals surface area contributed by atoms with Gasteiger partial charge < -0.3 is 9.84 Å². The number of ether oxygens (including phenoxy) is 1. The highest BCUT2D eigenvalue weighted by Crippen LogP contribution is 2.57. The minimum absolute atomic E-state index is 0.0976. The van der Waals surface area contributed by atoms with Crippen molar-refractivity contribution in [2.45, 2.75) is 84.7 Å². The van der Waals surface area contributed by atoms with E-state index in [2.05, 4.69) is 26.8 Å². The second-order valence-corrected chi connectivity index (χ2v) is 9.40. The van der Waals surface area contributed by atoms with Gasteiger partial charge in [-0.3, -0.25) is 9.59 Å². The third-order valence-electron chi connectivity index (χ3n) is 7.66. The first-order valence-electron chi connectivity index (χ1n) is 10.9. The SMILES string of the molecule is CCCCOC(=O)C1([C@H](O)/C=C/[C@@H](C)[C@H]2CC[C@H]3C(=O)CCC[C@]23C)CC1. The van der Waals surface area contributed by atoms with Crippen molar-refractivity contribution < 1.29 is 19.4 Å². The molecule has 0 aromatic rings. The summed E-state index contributed by atoms with van der Waals surface area (Å²) >= 11 is 0. The number of Topliss-reactive ketones (excluding diaryl/α,β-unsaturated/α-hetero) is 1. The Bertz CT molecular complexity index is 591. The molecule has 0 aromatic heterocycles. The minimum Gasteiger partial charge on any atom is -0.465 e. The van der Waals surface area contributed by atoms with Crippen LogP contribution >= 0.6 is 0 Å². The predicted molar refractivity (Wildman–Crippen MR) is 105 cm³/mol. The first kappa shape index (κ1) is 20.6. The quantitative estimate of drug-likeness (QED) is 0.386. The molecule has 0 saturated heterocycles. The Balaban J connectivity index is 1.60. The van der Waals surface area contributed by atoms with Crippen LogP contribution in [0.15, 0.2) is 12.2 Å². The highest BCUT2D eigenvalue weighted by atomic mass is 16.5. The van der Waals surface area contributed by atoms with Crippen LogP contribution in [0.5, 0.6) is 0 Å². The maximum atomic E-state index is 12.4. The third kappa shape index (κ3) is 3.87. The number of fused-ring (bicyclic) bond motifs is 1. The number of unbranched alkanes of at least 4 members (excludes halogenated alkanes) is 1. The summed E-state index contributed by atoms with van der Waals surface area (Å²) in [6, 6.07) is 0. The van der Waals surface area contributed by atoms with Gasteiger partial charge in [0, 0.05) is 12.3 Å². The Hall–Kier alpha value is -1.16. The van der Waals surface area contributed by atoms with Gasteiger partial charge >= 0.3 is 5.97 Å². The number of esters is 1. The zero-order valence-electron chi connectivity index (χ0n) is 17.2. The largest absolute Gasteiger partial charge is 0.465 e. The van der Waals surface area contributed by atoms with E-state index in [4.69, 9.17) is 4.74 Å². The molecule has 0 radical (unpaired) electrons. The van der Waals surface area contributed by atoms with Crippen LogP contribution in [0, 0.1) is 28.6 Å². The second-order valence-electron chi connectivity index (χ2n) is 9.40. The van der Waals surface area contributed by atoms with Crippen molar-refractivity contribution in [2.75, 3.05) is 6.61 Å². The number of aliphatic hydroxyl groups excluding tert-OH is 1. The summed E-state index contributed by atoms with van der Waals surface area (Å²) in [6.45, 7) is 6.99. The molecule has 4 nitrogen and oxygen atoms in total. The van der Waals surface area contributed by atoms with Crippen LogP contribution in [0.4, 0.5) is 0 Å². The number of hydrogen-bond donors (Lipinski definition) is 1. The van der Waals surface area contributed by atoms with E-state index in [1.807, 2.05) is 6.08 Å². The molecule has 0 aliphatic heterocycles. The molecule has 0 amide bonds. The van der Waals surface area contributed by atoms with Gasteiger partial charge in [0.25, 0.3) is 0 Å². The van der Waals surface area contributed by atoms with Crippen LogP contribution in [0.3, 0.4) is 0 Å². The molecule has 3 aliphatic carbocycles. The molecule has 3 saturated carbocycles. The summed E-state index contributed by atoms with van der Waals surface area (Å²) in [7, 11) is 0. The summed E-state index contributed by atoms with van der Waals surface area (Å²) in [5.74, 6) is 1.20. The molecule has 0 heterocycles. The molecule has 4 heteroatoms. The van der Waals surface area contributed by atoms with E-state index in [0.29, 0.717) is 37.1 Å². The molecule has 0 bridgehead atoms. The van der Waals surface area contributed by atoms with Crippen LogP contribution < -0.4 is 0 Å². The van der Waals surface area contributed by atoms with Gasteiger partial charge in [-0.05, 0) is 62.2 Å². The number of carbonyl (C=O) groups excluding carboxylic acids is 2. The molecule has 0 unspecified atom stereocenters. The normalized spacial score (nSPS) is 34.3. The molecule has 3 rings (SSSR count). The number of aliphatic hydroxyl groups is 1. The summed E-state index contributed by atoms with van der Waals surface area (Å²) < 4.78 is 5.37. The van der Waals surface area contributed by atoms with E-state index >= 15 is 0 Å². The Morgan fingerprint density at radius 3 is 2.70 bits per heavy atom. The van der Waals surface area contributed by atoms with Crippen molar-refractivity contribution in [3.8, 4) is 0 Å². The highest BCUT2D eigenvalue weighted by molar-refractivity contribution is 5.83. The van der Waals surface area contributed by atoms with E-state index in [9.17, 15) is 14.7 Å². The summed E-state index contributed by atoms with van der Waals surface area (Å²) in [6.07, 6.45) is 11.4. The molecule has 5 atom stereocenters. The van der Waals surface area contributed by atoms with Gasteiger partial charge in [-0.15, -0.1) is 0 Å². The maximum Gasteiger partial charge on any atom is 0.315 e. The molecular weight excluding hydrogens is 340 g/mol. The number of allylic oxidation sites excluding steroid dienone is 1. The summed E-state index contributed by atoms with van der Waals surface area (Å²) in [4.78, 5) is 24.7. The van der Waals surface area contributed by atoms with Crippen LogP contribution in [-0.4, -0.2) is 29.6 Å². The van der Waals surface area contributed by atoms with Crippen LogP contribution in [0.2, 0.25) is 0 Å². The number of ketones is 1. The van der Waals surface area contributed by atoms with Crippen molar-refractivity contribution >= 4 is 11.8 Å². The first-order valence-corrected chi connectivity index (χ1v) is 10.9. The van der Waals surface area contributed by atoms with Crippen molar-refractivity contribution in [3.63, 3.8) is 0 Å². The van der Waals surface area contributed by atoms with Gasteiger partial charge in [-0.1, -0.05) is 39.3 Å². The number of carbonyl (C=O) groups is 2. The van der Waals surface area contributed by atoms with Gasteiger partial charge in [0.15, 0.2) is 0 Å². The predicted octanol–water partition coefficient (Wildman–Crippen LogP) is 4.45. The lowest BCUT2D eigenvalue weighted by atomic mass is 9.62. The van der Waals surface area contributed by atoms with E-state index < -0.39 is 11.5 Å². The van der Waals surface area contributed by atoms with Crippen LogP contribution in [0.1, 0.15) is 78.6 Å². The molecule has 152 valence electrons. The van der Waals surface area contributed by atoms with E-state index in [0.717, 1.165) is 44.9 Å². The fourth-order valence-corrected chi connectivity index (χ4v) is 5.64. The third-order valence-corrected chi connectivity index (χ3v) is 7.66. The fraction of sp³-hybridized carbons (Fsp3) is 0.826. The second kappa shape index (κ2) is 8.06. The molecule has 3 fully saturated rings. The molecule has 1 N–H and O–H groups in total. The van der Waals surface area contributed by atoms with Crippen molar-refractivity contribution in [1.82, 2.24) is 0 Å². The maximum absolute atomic E-state index is 12.4. The fourth-order valence-electron chi connectivity index (χ4n) is 5.64. The lowest BCUT2D eigenvalue weighted by Gasteiger charge is -2.41. The molecule has 0 aromatic carbocycles. The average Bonchev–Trinajstić information content (AvgIpc) is 3.37. The first-order chi connectivity index (χ1) is 12.8.